The Kier molecular flexibility index (Phi) is 6.87. The molecule has 31 heavy (non-hydrogen) atoms. The summed E-state index contributed by atoms with van der Waals surface area (Å²) in [6.07, 6.45) is -4.16. The number of halogens is 3. The molecule has 1 atom stereocenters. The molecule has 0 aromatic heterocycles. The van der Waals surface area contributed by atoms with E-state index in [1.54, 1.807) is 11.0 Å². The number of hydrogen-bond acceptors (Lipinski definition) is 3. The van der Waals surface area contributed by atoms with Gasteiger partial charge in [0.1, 0.15) is 11.8 Å². The van der Waals surface area contributed by atoms with Gasteiger partial charge in [0.05, 0.1) is 0 Å². The molecule has 1 aliphatic rings. The average Bonchev–Trinajstić information content (AvgIpc) is 2.70. The average molecular weight is 434 g/mol. The number of nitrogens with zero attached hydrogens (tertiary/aromatic N) is 1. The van der Waals surface area contributed by atoms with Gasteiger partial charge < -0.3 is 15.0 Å². The lowest BCUT2D eigenvalue weighted by Crippen LogP contribution is -2.52. The quantitative estimate of drug-likeness (QED) is 0.741. The van der Waals surface area contributed by atoms with Crippen molar-refractivity contribution in [3.8, 4) is 5.75 Å². The summed E-state index contributed by atoms with van der Waals surface area (Å²) in [5.74, 6) is -0.754. The van der Waals surface area contributed by atoms with Crippen LogP contribution < -0.4 is 10.1 Å². The van der Waals surface area contributed by atoms with Gasteiger partial charge in [-0.1, -0.05) is 56.3 Å². The van der Waals surface area contributed by atoms with Crippen LogP contribution in [0.3, 0.4) is 0 Å². The van der Waals surface area contributed by atoms with Crippen LogP contribution in [0.1, 0.15) is 37.0 Å². The summed E-state index contributed by atoms with van der Waals surface area (Å²) < 4.78 is 42.0. The predicted molar refractivity (Wildman–Crippen MR) is 109 cm³/mol. The van der Waals surface area contributed by atoms with Crippen molar-refractivity contribution in [2.24, 2.45) is 5.92 Å². The molecule has 1 heterocycles. The van der Waals surface area contributed by atoms with E-state index in [0.717, 1.165) is 11.1 Å². The number of fused-ring (bicyclic) bond motifs is 1. The van der Waals surface area contributed by atoms with Crippen LogP contribution in [0.5, 0.6) is 5.75 Å². The molecule has 2 amide bonds. The SMILES string of the molecule is CC(C)CC(=O)N1Cc2ccccc2CC1C(=O)NCc1ccccc1OC(F)(F)F. The van der Waals surface area contributed by atoms with E-state index in [9.17, 15) is 22.8 Å². The molecule has 1 N–H and O–H groups in total. The zero-order valence-electron chi connectivity index (χ0n) is 17.4. The van der Waals surface area contributed by atoms with E-state index in [1.165, 1.54) is 18.2 Å². The number of para-hydroxylation sites is 1. The normalized spacial score (nSPS) is 16.1. The summed E-state index contributed by atoms with van der Waals surface area (Å²) in [7, 11) is 0. The molecular weight excluding hydrogens is 409 g/mol. The summed E-state index contributed by atoms with van der Waals surface area (Å²) in [6.45, 7) is 4.05. The summed E-state index contributed by atoms with van der Waals surface area (Å²) in [4.78, 5) is 27.4. The fourth-order valence-corrected chi connectivity index (χ4v) is 3.66. The molecule has 0 radical (unpaired) electrons. The highest BCUT2D eigenvalue weighted by molar-refractivity contribution is 5.88. The third-order valence-electron chi connectivity index (χ3n) is 5.11. The number of benzene rings is 2. The number of carbonyl (C=O) groups excluding carboxylic acids is 2. The topological polar surface area (TPSA) is 58.6 Å². The van der Waals surface area contributed by atoms with Crippen LogP contribution in [0.2, 0.25) is 0 Å². The fourth-order valence-electron chi connectivity index (χ4n) is 3.66. The fraction of sp³-hybridized carbons (Fsp3) is 0.391. The molecule has 0 saturated heterocycles. The second-order valence-electron chi connectivity index (χ2n) is 7.98. The molecular formula is C23H25F3N2O3. The van der Waals surface area contributed by atoms with Gasteiger partial charge in [-0.05, 0) is 23.1 Å². The summed E-state index contributed by atoms with van der Waals surface area (Å²) in [5, 5.41) is 2.68. The van der Waals surface area contributed by atoms with E-state index in [2.05, 4.69) is 10.1 Å². The minimum Gasteiger partial charge on any atom is -0.405 e. The lowest BCUT2D eigenvalue weighted by Gasteiger charge is -2.36. The van der Waals surface area contributed by atoms with Gasteiger partial charge in [-0.2, -0.15) is 0 Å². The second kappa shape index (κ2) is 9.41. The zero-order chi connectivity index (χ0) is 22.6. The van der Waals surface area contributed by atoms with Gasteiger partial charge in [0.2, 0.25) is 11.8 Å². The Labute approximate surface area is 179 Å². The molecule has 2 aromatic rings. The minimum atomic E-state index is -4.83. The van der Waals surface area contributed by atoms with Crippen molar-refractivity contribution in [3.05, 3.63) is 65.2 Å². The largest absolute Gasteiger partial charge is 0.573 e. The van der Waals surface area contributed by atoms with E-state index in [0.29, 0.717) is 19.4 Å². The first-order valence-electron chi connectivity index (χ1n) is 10.1. The molecule has 0 saturated carbocycles. The van der Waals surface area contributed by atoms with Crippen LogP contribution in [-0.4, -0.2) is 29.1 Å². The van der Waals surface area contributed by atoms with Crippen molar-refractivity contribution in [1.82, 2.24) is 10.2 Å². The zero-order valence-corrected chi connectivity index (χ0v) is 17.4. The predicted octanol–water partition coefficient (Wildman–Crippen LogP) is 4.20. The van der Waals surface area contributed by atoms with Crippen LogP contribution in [0, 0.1) is 5.92 Å². The second-order valence-corrected chi connectivity index (χ2v) is 7.98. The molecule has 2 aromatic carbocycles. The number of hydrogen-bond donors (Lipinski definition) is 1. The van der Waals surface area contributed by atoms with Crippen molar-refractivity contribution < 1.29 is 27.5 Å². The first-order chi connectivity index (χ1) is 14.6. The highest BCUT2D eigenvalue weighted by Gasteiger charge is 2.35. The Balaban J connectivity index is 1.77. The smallest absolute Gasteiger partial charge is 0.405 e. The number of rotatable bonds is 6. The molecule has 0 bridgehead atoms. The molecule has 5 nitrogen and oxygen atoms in total. The Morgan fingerprint density at radius 1 is 1.10 bits per heavy atom. The van der Waals surface area contributed by atoms with Crippen molar-refractivity contribution in [2.45, 2.75) is 52.2 Å². The summed E-state index contributed by atoms with van der Waals surface area (Å²) in [5.41, 5.74) is 2.18. The van der Waals surface area contributed by atoms with Gasteiger partial charge in [-0.3, -0.25) is 9.59 Å². The Bertz CT molecular complexity index is 944. The first kappa shape index (κ1) is 22.7. The first-order valence-corrected chi connectivity index (χ1v) is 10.1. The monoisotopic (exact) mass is 434 g/mol. The van der Waals surface area contributed by atoms with Gasteiger partial charge in [-0.25, -0.2) is 0 Å². The van der Waals surface area contributed by atoms with E-state index >= 15 is 0 Å². The maximum atomic E-state index is 13.0. The van der Waals surface area contributed by atoms with E-state index in [1.807, 2.05) is 38.1 Å². The standard InChI is InChI=1S/C23H25F3N2O3/c1-15(2)11-21(29)28-14-18-9-4-3-7-16(18)12-19(28)22(30)27-13-17-8-5-6-10-20(17)31-23(24,25)26/h3-10,15,19H,11-14H2,1-2H3,(H,27,30). The number of ether oxygens (including phenoxy) is 1. The molecule has 1 aliphatic heterocycles. The van der Waals surface area contributed by atoms with Crippen LogP contribution in [0.15, 0.2) is 48.5 Å². The van der Waals surface area contributed by atoms with Gasteiger partial charge >= 0.3 is 6.36 Å². The number of carbonyl (C=O) groups is 2. The van der Waals surface area contributed by atoms with Gasteiger partial charge in [0, 0.05) is 31.5 Å². The molecule has 0 fully saturated rings. The van der Waals surface area contributed by atoms with E-state index in [-0.39, 0.29) is 29.7 Å². The summed E-state index contributed by atoms with van der Waals surface area (Å²) in [6, 6.07) is 12.6. The molecule has 3 rings (SSSR count). The number of nitrogens with one attached hydrogen (secondary N) is 1. The molecule has 0 spiro atoms. The van der Waals surface area contributed by atoms with Crippen molar-refractivity contribution >= 4 is 11.8 Å². The van der Waals surface area contributed by atoms with Gasteiger partial charge in [-0.15, -0.1) is 13.2 Å². The van der Waals surface area contributed by atoms with Crippen molar-refractivity contribution in [2.75, 3.05) is 0 Å². The lowest BCUT2D eigenvalue weighted by atomic mass is 9.92. The molecule has 8 heteroatoms. The Morgan fingerprint density at radius 2 is 1.74 bits per heavy atom. The number of amides is 2. The highest BCUT2D eigenvalue weighted by atomic mass is 19.4. The molecule has 0 aliphatic carbocycles. The minimum absolute atomic E-state index is 0.120. The third kappa shape index (κ3) is 5.99. The van der Waals surface area contributed by atoms with Crippen molar-refractivity contribution in [1.29, 1.82) is 0 Å². The van der Waals surface area contributed by atoms with E-state index in [4.69, 9.17) is 0 Å². The lowest BCUT2D eigenvalue weighted by molar-refractivity contribution is -0.274. The number of alkyl halides is 3. The van der Waals surface area contributed by atoms with Crippen LogP contribution in [0.25, 0.3) is 0 Å². The van der Waals surface area contributed by atoms with Gasteiger partial charge in [0.15, 0.2) is 0 Å². The summed E-state index contributed by atoms with van der Waals surface area (Å²) >= 11 is 0. The van der Waals surface area contributed by atoms with E-state index < -0.39 is 18.3 Å². The third-order valence-corrected chi connectivity index (χ3v) is 5.11. The van der Waals surface area contributed by atoms with Crippen LogP contribution in [0.4, 0.5) is 13.2 Å². The van der Waals surface area contributed by atoms with Gasteiger partial charge in [0.25, 0.3) is 0 Å². The highest BCUT2D eigenvalue weighted by Crippen LogP contribution is 2.27. The molecule has 1 unspecified atom stereocenters. The Morgan fingerprint density at radius 3 is 2.42 bits per heavy atom. The molecule has 166 valence electrons. The van der Waals surface area contributed by atoms with Crippen LogP contribution in [-0.2, 0) is 29.1 Å². The maximum absolute atomic E-state index is 13.0. The maximum Gasteiger partial charge on any atom is 0.573 e. The van der Waals surface area contributed by atoms with Crippen LogP contribution >= 0.6 is 0 Å². The van der Waals surface area contributed by atoms with Crippen molar-refractivity contribution in [3.63, 3.8) is 0 Å². The Hall–Kier alpha value is -3.03.